The van der Waals surface area contributed by atoms with Crippen molar-refractivity contribution < 1.29 is 8.83 Å². The van der Waals surface area contributed by atoms with Crippen molar-refractivity contribution in [1.82, 2.24) is 14.5 Å². The number of hydrogen-bond acceptors (Lipinski definition) is 4. The molecule has 0 aliphatic rings. The van der Waals surface area contributed by atoms with Crippen LogP contribution in [0.2, 0.25) is 0 Å². The van der Waals surface area contributed by atoms with Gasteiger partial charge in [-0.05, 0) is 75.5 Å². The van der Waals surface area contributed by atoms with E-state index in [1.54, 1.807) is 0 Å². The van der Waals surface area contributed by atoms with E-state index in [-0.39, 0.29) is 0 Å². The van der Waals surface area contributed by atoms with Gasteiger partial charge >= 0.3 is 0 Å². The lowest BCUT2D eigenvalue weighted by Crippen LogP contribution is -2.03. The van der Waals surface area contributed by atoms with Gasteiger partial charge in [0, 0.05) is 48.7 Å². The molecule has 0 bridgehead atoms. The SMILES string of the molecule is c1ccc2c(c1)ccc1c(-c3ccc4c(c3)oc3ccccc34)nc(-n3c4cccc5c6ccccc6c6cccc7oc8ccc3c(c8c76)c54)nc12. The van der Waals surface area contributed by atoms with Crippen molar-refractivity contribution in [2.24, 2.45) is 0 Å². The normalized spacial score (nSPS) is 12.5. The van der Waals surface area contributed by atoms with E-state index in [1.165, 1.54) is 26.9 Å². The largest absolute Gasteiger partial charge is 0.456 e. The first-order valence-electron chi connectivity index (χ1n) is 17.9. The molecular formula is C48H25N3O2. The van der Waals surface area contributed by atoms with Crippen LogP contribution in [-0.2, 0) is 0 Å². The number of hydrogen-bond donors (Lipinski definition) is 0. The van der Waals surface area contributed by atoms with Crippen LogP contribution in [0.15, 0.2) is 160 Å². The predicted molar refractivity (Wildman–Crippen MR) is 218 cm³/mol. The quantitative estimate of drug-likeness (QED) is 0.171. The van der Waals surface area contributed by atoms with Crippen LogP contribution in [0.4, 0.5) is 0 Å². The fourth-order valence-electron chi connectivity index (χ4n) is 9.12. The molecule has 9 aromatic carbocycles. The first-order chi connectivity index (χ1) is 26.3. The van der Waals surface area contributed by atoms with E-state index in [0.29, 0.717) is 5.95 Å². The molecule has 0 saturated carbocycles. The van der Waals surface area contributed by atoms with Crippen LogP contribution in [0.5, 0.6) is 0 Å². The van der Waals surface area contributed by atoms with Gasteiger partial charge in [0.15, 0.2) is 0 Å². The van der Waals surface area contributed by atoms with E-state index >= 15 is 0 Å². The zero-order chi connectivity index (χ0) is 34.4. The van der Waals surface area contributed by atoms with Crippen LogP contribution in [0.25, 0.3) is 126 Å². The summed E-state index contributed by atoms with van der Waals surface area (Å²) in [5, 5.41) is 14.7. The van der Waals surface area contributed by atoms with Crippen molar-refractivity contribution in [3.63, 3.8) is 0 Å². The average molecular weight is 676 g/mol. The Bertz CT molecular complexity index is 3700. The minimum atomic E-state index is 0.616. The summed E-state index contributed by atoms with van der Waals surface area (Å²) in [4.78, 5) is 11.0. The van der Waals surface area contributed by atoms with Gasteiger partial charge in [-0.3, -0.25) is 4.57 Å². The third-order valence-electron chi connectivity index (χ3n) is 11.4. The van der Waals surface area contributed by atoms with E-state index in [1.807, 2.05) is 12.1 Å². The van der Waals surface area contributed by atoms with Crippen molar-refractivity contribution >= 4 is 109 Å². The molecule has 0 radical (unpaired) electrons. The number of benzene rings is 8. The van der Waals surface area contributed by atoms with Crippen LogP contribution in [0.1, 0.15) is 0 Å². The molecule has 53 heavy (non-hydrogen) atoms. The second-order valence-electron chi connectivity index (χ2n) is 14.1. The molecule has 0 unspecified atom stereocenters. The highest BCUT2D eigenvalue weighted by Crippen LogP contribution is 2.47. The number of fused-ring (bicyclic) bond motifs is 9. The standard InChI is InChI=1S/C48H25N3O2/c1-2-10-28-26(9-1)19-22-35-46(27-20-21-32-31-13-5-6-17-38(31)52-41(32)25-27)49-48(50-47(28)35)51-36-16-7-14-33-29-11-3-4-12-30(29)34-15-8-18-39-43(34)45-40(53-39)24-23-37(51)44(45)42(33)36/h1-25H. The Morgan fingerprint density at radius 1 is 0.377 bits per heavy atom. The van der Waals surface area contributed by atoms with Crippen LogP contribution in [0, 0.1) is 0 Å². The van der Waals surface area contributed by atoms with Gasteiger partial charge in [-0.15, -0.1) is 0 Å². The number of nitrogens with zero attached hydrogens (tertiary/aromatic N) is 3. The van der Waals surface area contributed by atoms with Gasteiger partial charge in [0.05, 0.1) is 22.2 Å². The fourth-order valence-corrected chi connectivity index (χ4v) is 9.12. The molecule has 4 heterocycles. The van der Waals surface area contributed by atoms with E-state index < -0.39 is 0 Å². The number of aromatic nitrogens is 3. The molecule has 0 N–H and O–H groups in total. The topological polar surface area (TPSA) is 57.0 Å². The highest BCUT2D eigenvalue weighted by molar-refractivity contribution is 6.38. The molecule has 0 fully saturated rings. The lowest BCUT2D eigenvalue weighted by molar-refractivity contribution is 0.669. The molecule has 13 aromatic rings. The van der Waals surface area contributed by atoms with Crippen molar-refractivity contribution in [1.29, 1.82) is 0 Å². The summed E-state index contributed by atoms with van der Waals surface area (Å²) in [6, 6.07) is 53.5. The Kier molecular flexibility index (Phi) is 5.06. The molecular weight excluding hydrogens is 651 g/mol. The maximum Gasteiger partial charge on any atom is 0.235 e. The van der Waals surface area contributed by atoms with E-state index in [2.05, 4.69) is 144 Å². The van der Waals surface area contributed by atoms with Gasteiger partial charge in [-0.2, -0.15) is 0 Å². The maximum atomic E-state index is 6.60. The molecule has 0 aliphatic carbocycles. The zero-order valence-corrected chi connectivity index (χ0v) is 28.1. The van der Waals surface area contributed by atoms with Crippen LogP contribution >= 0.6 is 0 Å². The highest BCUT2D eigenvalue weighted by atomic mass is 16.3. The summed E-state index contributed by atoms with van der Waals surface area (Å²) in [6.45, 7) is 0. The summed E-state index contributed by atoms with van der Waals surface area (Å²) >= 11 is 0. The van der Waals surface area contributed by atoms with Crippen molar-refractivity contribution in [2.45, 2.75) is 0 Å². The Morgan fingerprint density at radius 3 is 1.91 bits per heavy atom. The third-order valence-corrected chi connectivity index (χ3v) is 11.4. The Hall–Kier alpha value is -7.24. The Morgan fingerprint density at radius 2 is 1.02 bits per heavy atom. The number of furan rings is 2. The smallest absolute Gasteiger partial charge is 0.235 e. The predicted octanol–water partition coefficient (Wildman–Crippen LogP) is 13.1. The van der Waals surface area contributed by atoms with Gasteiger partial charge in [0.25, 0.3) is 0 Å². The Balaban J connectivity index is 1.22. The number of rotatable bonds is 2. The summed E-state index contributed by atoms with van der Waals surface area (Å²) in [5.41, 5.74) is 8.29. The molecule has 0 saturated heterocycles. The summed E-state index contributed by atoms with van der Waals surface area (Å²) in [7, 11) is 0. The summed E-state index contributed by atoms with van der Waals surface area (Å²) in [6.07, 6.45) is 0. The molecule has 5 heteroatoms. The lowest BCUT2D eigenvalue weighted by Gasteiger charge is -2.13. The molecule has 244 valence electrons. The minimum Gasteiger partial charge on any atom is -0.456 e. The van der Waals surface area contributed by atoms with Gasteiger partial charge in [-0.25, -0.2) is 9.97 Å². The third kappa shape index (κ3) is 3.51. The van der Waals surface area contributed by atoms with Crippen molar-refractivity contribution in [2.75, 3.05) is 0 Å². The van der Waals surface area contributed by atoms with E-state index in [9.17, 15) is 0 Å². The minimum absolute atomic E-state index is 0.616. The molecule has 0 atom stereocenters. The number of para-hydroxylation sites is 1. The summed E-state index contributed by atoms with van der Waals surface area (Å²) in [5.74, 6) is 0.616. The van der Waals surface area contributed by atoms with Crippen LogP contribution < -0.4 is 0 Å². The average Bonchev–Trinajstić information content (AvgIpc) is 3.89. The van der Waals surface area contributed by atoms with Crippen LogP contribution in [0.3, 0.4) is 0 Å². The lowest BCUT2D eigenvalue weighted by atomic mass is 9.95. The fraction of sp³-hybridized carbons (Fsp3) is 0. The first-order valence-corrected chi connectivity index (χ1v) is 17.9. The molecule has 0 aliphatic heterocycles. The highest BCUT2D eigenvalue weighted by Gasteiger charge is 2.25. The van der Waals surface area contributed by atoms with E-state index in [0.717, 1.165) is 93.2 Å². The van der Waals surface area contributed by atoms with E-state index in [4.69, 9.17) is 18.8 Å². The van der Waals surface area contributed by atoms with Gasteiger partial charge < -0.3 is 8.83 Å². The summed E-state index contributed by atoms with van der Waals surface area (Å²) < 4.78 is 15.2. The molecule has 5 nitrogen and oxygen atoms in total. The molecule has 0 amide bonds. The van der Waals surface area contributed by atoms with Crippen molar-refractivity contribution in [3.05, 3.63) is 152 Å². The maximum absolute atomic E-state index is 6.60. The van der Waals surface area contributed by atoms with Gasteiger partial charge in [-0.1, -0.05) is 103 Å². The first kappa shape index (κ1) is 27.5. The molecule has 13 rings (SSSR count). The van der Waals surface area contributed by atoms with Crippen LogP contribution in [-0.4, -0.2) is 14.5 Å². The van der Waals surface area contributed by atoms with Gasteiger partial charge in [0.1, 0.15) is 22.3 Å². The molecule has 0 spiro atoms. The van der Waals surface area contributed by atoms with Gasteiger partial charge in [0.2, 0.25) is 5.95 Å². The molecule has 4 aromatic heterocycles. The Labute approximate surface area is 300 Å². The second kappa shape index (κ2) is 9.75. The second-order valence-corrected chi connectivity index (χ2v) is 14.1. The van der Waals surface area contributed by atoms with Crippen molar-refractivity contribution in [3.8, 4) is 17.2 Å². The zero-order valence-electron chi connectivity index (χ0n) is 28.1. The monoisotopic (exact) mass is 675 g/mol.